The molecular weight excluding hydrogens is 367 g/mol. The maximum absolute atomic E-state index is 14.3. The summed E-state index contributed by atoms with van der Waals surface area (Å²) in [4.78, 5) is 18.4. The molecule has 0 bridgehead atoms. The molecule has 0 spiro atoms. The Kier molecular flexibility index (Phi) is 5.22. The fraction of sp³-hybridized carbons (Fsp3) is 0.421. The molecule has 0 aromatic carbocycles. The van der Waals surface area contributed by atoms with E-state index in [1.54, 1.807) is 18.5 Å². The number of aromatic amines is 1. The lowest BCUT2D eigenvalue weighted by Crippen LogP contribution is -2.42. The van der Waals surface area contributed by atoms with Gasteiger partial charge in [-0.25, -0.2) is 19.3 Å². The molecule has 0 saturated carbocycles. The number of halogens is 2. The van der Waals surface area contributed by atoms with Crippen molar-refractivity contribution in [2.75, 3.05) is 25.0 Å². The van der Waals surface area contributed by atoms with Crippen LogP contribution < -0.4 is 5.32 Å². The van der Waals surface area contributed by atoms with Crippen molar-refractivity contribution < 1.29 is 4.39 Å². The van der Waals surface area contributed by atoms with Crippen LogP contribution in [0.1, 0.15) is 26.2 Å². The average molecular weight is 389 g/mol. The van der Waals surface area contributed by atoms with Crippen LogP contribution in [0.2, 0.25) is 5.02 Å². The summed E-state index contributed by atoms with van der Waals surface area (Å²) in [6, 6.07) is 1.99. The largest absolute Gasteiger partial charge is 0.363 e. The van der Waals surface area contributed by atoms with E-state index in [1.165, 1.54) is 6.20 Å². The normalized spacial score (nSPS) is 18.1. The molecule has 142 valence electrons. The first-order valence-electron chi connectivity index (χ1n) is 9.28. The van der Waals surface area contributed by atoms with E-state index in [0.717, 1.165) is 49.8 Å². The van der Waals surface area contributed by atoms with Crippen LogP contribution >= 0.6 is 11.6 Å². The Morgan fingerprint density at radius 3 is 3.11 bits per heavy atom. The van der Waals surface area contributed by atoms with Crippen LogP contribution in [0.25, 0.3) is 22.4 Å². The van der Waals surface area contributed by atoms with E-state index < -0.39 is 5.82 Å². The highest BCUT2D eigenvalue weighted by atomic mass is 35.5. The Bertz CT molecular complexity index is 941. The van der Waals surface area contributed by atoms with Gasteiger partial charge in [-0.3, -0.25) is 0 Å². The van der Waals surface area contributed by atoms with Crippen molar-refractivity contribution in [2.24, 2.45) is 0 Å². The summed E-state index contributed by atoms with van der Waals surface area (Å²) in [5.41, 5.74) is 1.44. The third-order valence-electron chi connectivity index (χ3n) is 4.87. The highest BCUT2D eigenvalue weighted by Gasteiger charge is 2.21. The number of likely N-dealkylation sites (tertiary alicyclic amines) is 1. The summed E-state index contributed by atoms with van der Waals surface area (Å²) in [6.07, 6.45) is 7.79. The zero-order valence-electron chi connectivity index (χ0n) is 15.2. The minimum absolute atomic E-state index is 0.182. The van der Waals surface area contributed by atoms with Gasteiger partial charge in [0, 0.05) is 35.9 Å². The van der Waals surface area contributed by atoms with E-state index in [0.29, 0.717) is 16.5 Å². The summed E-state index contributed by atoms with van der Waals surface area (Å²) in [6.45, 7) is 5.25. The van der Waals surface area contributed by atoms with Crippen molar-refractivity contribution in [3.63, 3.8) is 0 Å². The molecular formula is C19H22ClFN6. The third kappa shape index (κ3) is 3.89. The van der Waals surface area contributed by atoms with Crippen molar-refractivity contribution in [3.8, 4) is 11.4 Å². The molecule has 0 radical (unpaired) electrons. The summed E-state index contributed by atoms with van der Waals surface area (Å²) in [7, 11) is 0. The van der Waals surface area contributed by atoms with Crippen LogP contribution in [-0.4, -0.2) is 50.5 Å². The SMILES string of the molecule is CCCN1CCCC(Nc2nc(-c3c[nH]c4ncc(Cl)cc34)ncc2F)C1. The Labute approximate surface area is 162 Å². The maximum Gasteiger partial charge on any atom is 0.183 e. The van der Waals surface area contributed by atoms with Gasteiger partial charge in [0.05, 0.1) is 11.2 Å². The molecule has 1 aliphatic heterocycles. The Morgan fingerprint density at radius 2 is 2.26 bits per heavy atom. The number of H-pyrrole nitrogens is 1. The molecule has 4 rings (SSSR count). The first-order valence-corrected chi connectivity index (χ1v) is 9.66. The van der Waals surface area contributed by atoms with Gasteiger partial charge in [-0.05, 0) is 38.4 Å². The summed E-state index contributed by atoms with van der Waals surface area (Å²) >= 11 is 6.07. The first kappa shape index (κ1) is 18.1. The predicted octanol–water partition coefficient (Wildman–Crippen LogP) is 4.10. The van der Waals surface area contributed by atoms with Gasteiger partial charge < -0.3 is 15.2 Å². The Balaban J connectivity index is 1.60. The number of pyridine rings is 1. The van der Waals surface area contributed by atoms with Crippen LogP contribution in [0.15, 0.2) is 24.7 Å². The second kappa shape index (κ2) is 7.78. The molecule has 1 aliphatic rings. The average Bonchev–Trinajstić information content (AvgIpc) is 3.07. The molecule has 1 saturated heterocycles. The number of piperidine rings is 1. The van der Waals surface area contributed by atoms with Gasteiger partial charge in [0.25, 0.3) is 0 Å². The quantitative estimate of drug-likeness (QED) is 0.688. The minimum Gasteiger partial charge on any atom is -0.363 e. The second-order valence-corrected chi connectivity index (χ2v) is 7.36. The number of aromatic nitrogens is 4. The summed E-state index contributed by atoms with van der Waals surface area (Å²) in [5, 5.41) is 4.62. The van der Waals surface area contributed by atoms with Gasteiger partial charge in [-0.2, -0.15) is 0 Å². The number of anilines is 1. The van der Waals surface area contributed by atoms with E-state index in [9.17, 15) is 4.39 Å². The topological polar surface area (TPSA) is 69.7 Å². The fourth-order valence-corrected chi connectivity index (χ4v) is 3.80. The maximum atomic E-state index is 14.3. The van der Waals surface area contributed by atoms with Crippen LogP contribution in [-0.2, 0) is 0 Å². The number of nitrogens with zero attached hydrogens (tertiary/aromatic N) is 4. The van der Waals surface area contributed by atoms with E-state index in [2.05, 4.69) is 37.1 Å². The molecule has 8 heteroatoms. The zero-order valence-corrected chi connectivity index (χ0v) is 15.9. The van der Waals surface area contributed by atoms with Crippen LogP contribution in [0.4, 0.5) is 10.2 Å². The first-order chi connectivity index (χ1) is 13.1. The number of hydrogen-bond acceptors (Lipinski definition) is 5. The molecule has 27 heavy (non-hydrogen) atoms. The number of fused-ring (bicyclic) bond motifs is 1. The van der Waals surface area contributed by atoms with Gasteiger partial charge in [-0.15, -0.1) is 0 Å². The number of hydrogen-bond donors (Lipinski definition) is 2. The molecule has 6 nitrogen and oxygen atoms in total. The van der Waals surface area contributed by atoms with Crippen molar-refractivity contribution in [1.82, 2.24) is 24.8 Å². The van der Waals surface area contributed by atoms with Crippen molar-refractivity contribution in [3.05, 3.63) is 35.5 Å². The van der Waals surface area contributed by atoms with Gasteiger partial charge >= 0.3 is 0 Å². The van der Waals surface area contributed by atoms with Gasteiger partial charge in [0.15, 0.2) is 17.5 Å². The van der Waals surface area contributed by atoms with Crippen LogP contribution in [0, 0.1) is 5.82 Å². The van der Waals surface area contributed by atoms with Gasteiger partial charge in [-0.1, -0.05) is 18.5 Å². The zero-order chi connectivity index (χ0) is 18.8. The van der Waals surface area contributed by atoms with Gasteiger partial charge in [0.1, 0.15) is 5.65 Å². The minimum atomic E-state index is -0.442. The number of rotatable bonds is 5. The smallest absolute Gasteiger partial charge is 0.183 e. The van der Waals surface area contributed by atoms with Crippen molar-refractivity contribution >= 4 is 28.5 Å². The van der Waals surface area contributed by atoms with Gasteiger partial charge in [0.2, 0.25) is 0 Å². The van der Waals surface area contributed by atoms with E-state index in [4.69, 9.17) is 11.6 Å². The molecule has 3 aromatic heterocycles. The molecule has 1 fully saturated rings. The highest BCUT2D eigenvalue weighted by molar-refractivity contribution is 6.31. The van der Waals surface area contributed by atoms with E-state index in [-0.39, 0.29) is 11.9 Å². The Hall–Kier alpha value is -2.25. The lowest BCUT2D eigenvalue weighted by Gasteiger charge is -2.33. The standard InChI is InChI=1S/C19H22ClFN6/c1-2-5-27-6-3-4-13(11-27)25-19-16(21)10-24-18(26-19)15-9-23-17-14(15)7-12(20)8-22-17/h7-10,13H,2-6,11H2,1H3,(H,22,23)(H,24,25,26). The molecule has 3 aromatic rings. The third-order valence-corrected chi connectivity index (χ3v) is 5.08. The van der Waals surface area contributed by atoms with Crippen molar-refractivity contribution in [1.29, 1.82) is 0 Å². The molecule has 2 N–H and O–H groups in total. The number of nitrogens with one attached hydrogen (secondary N) is 2. The molecule has 1 atom stereocenters. The Morgan fingerprint density at radius 1 is 1.37 bits per heavy atom. The fourth-order valence-electron chi connectivity index (χ4n) is 3.65. The van der Waals surface area contributed by atoms with Crippen molar-refractivity contribution in [2.45, 2.75) is 32.2 Å². The predicted molar refractivity (Wildman–Crippen MR) is 105 cm³/mol. The van der Waals surface area contributed by atoms with Crippen LogP contribution in [0.3, 0.4) is 0 Å². The molecule has 0 aliphatic carbocycles. The lowest BCUT2D eigenvalue weighted by molar-refractivity contribution is 0.216. The molecule has 4 heterocycles. The lowest BCUT2D eigenvalue weighted by atomic mass is 10.1. The molecule has 1 unspecified atom stereocenters. The van der Waals surface area contributed by atoms with E-state index >= 15 is 0 Å². The van der Waals surface area contributed by atoms with E-state index in [1.807, 2.05) is 0 Å². The summed E-state index contributed by atoms with van der Waals surface area (Å²) in [5.74, 6) is 0.241. The monoisotopic (exact) mass is 388 g/mol. The summed E-state index contributed by atoms with van der Waals surface area (Å²) < 4.78 is 14.3. The highest BCUT2D eigenvalue weighted by Crippen LogP contribution is 2.28. The second-order valence-electron chi connectivity index (χ2n) is 6.93. The van der Waals surface area contributed by atoms with Crippen LogP contribution in [0.5, 0.6) is 0 Å². The molecule has 0 amide bonds.